The summed E-state index contributed by atoms with van der Waals surface area (Å²) < 4.78 is 0. The number of carbonyl (C=O) groups excluding carboxylic acids is 2. The molecule has 1 aliphatic heterocycles. The van der Waals surface area contributed by atoms with Crippen molar-refractivity contribution in [2.24, 2.45) is 0 Å². The molecule has 2 aromatic rings. The molecule has 1 atom stereocenters. The van der Waals surface area contributed by atoms with Gasteiger partial charge in [-0.1, -0.05) is 18.2 Å². The Balaban J connectivity index is 1.54. The molecular formula is C16H17N3O2S2. The minimum absolute atomic E-state index is 0.0298. The third-order valence-corrected chi connectivity index (χ3v) is 5.64. The molecule has 0 fully saturated rings. The normalized spacial score (nSPS) is 17.1. The van der Waals surface area contributed by atoms with E-state index in [1.807, 2.05) is 31.2 Å². The average Bonchev–Trinajstić information content (AvgIpc) is 2.85. The van der Waals surface area contributed by atoms with Crippen LogP contribution in [0, 0.1) is 6.92 Å². The van der Waals surface area contributed by atoms with E-state index >= 15 is 0 Å². The van der Waals surface area contributed by atoms with E-state index in [1.165, 1.54) is 23.1 Å². The van der Waals surface area contributed by atoms with Gasteiger partial charge in [-0.25, -0.2) is 4.98 Å². The Labute approximate surface area is 142 Å². The van der Waals surface area contributed by atoms with Crippen molar-refractivity contribution in [3.63, 3.8) is 0 Å². The average molecular weight is 347 g/mol. The smallest absolute Gasteiger partial charge is 0.237 e. The van der Waals surface area contributed by atoms with Crippen molar-refractivity contribution in [2.75, 3.05) is 16.4 Å². The molecule has 0 radical (unpaired) electrons. The summed E-state index contributed by atoms with van der Waals surface area (Å²) >= 11 is 2.82. The minimum Gasteiger partial charge on any atom is -0.325 e. The van der Waals surface area contributed by atoms with Crippen LogP contribution in [0.15, 0.2) is 30.5 Å². The van der Waals surface area contributed by atoms with E-state index in [4.69, 9.17) is 0 Å². The predicted molar refractivity (Wildman–Crippen MR) is 95.1 cm³/mol. The van der Waals surface area contributed by atoms with E-state index in [2.05, 4.69) is 15.6 Å². The number of hydrogen-bond acceptors (Lipinski definition) is 5. The van der Waals surface area contributed by atoms with Crippen LogP contribution in [0.1, 0.15) is 16.9 Å². The van der Waals surface area contributed by atoms with E-state index in [-0.39, 0.29) is 22.8 Å². The lowest BCUT2D eigenvalue weighted by Gasteiger charge is -2.12. The lowest BCUT2D eigenvalue weighted by atomic mass is 10.1. The second-order valence-corrected chi connectivity index (χ2v) is 7.73. The van der Waals surface area contributed by atoms with Crippen molar-refractivity contribution in [2.45, 2.75) is 25.0 Å². The molecule has 0 spiro atoms. The Morgan fingerprint density at radius 1 is 1.48 bits per heavy atom. The number of nitrogens with zero attached hydrogens (tertiary/aromatic N) is 1. The maximum Gasteiger partial charge on any atom is 0.237 e. The second-order valence-electron chi connectivity index (χ2n) is 5.31. The zero-order chi connectivity index (χ0) is 16.2. The van der Waals surface area contributed by atoms with Crippen molar-refractivity contribution in [3.8, 4) is 0 Å². The third kappa shape index (κ3) is 4.11. The molecule has 0 saturated heterocycles. The number of carbonyl (C=O) groups is 2. The fourth-order valence-corrected chi connectivity index (χ4v) is 3.99. The van der Waals surface area contributed by atoms with Crippen molar-refractivity contribution in [3.05, 3.63) is 40.9 Å². The number of hydrogen-bond donors (Lipinski definition) is 2. The summed E-state index contributed by atoms with van der Waals surface area (Å²) in [5, 5.41) is 6.10. The Morgan fingerprint density at radius 3 is 3.09 bits per heavy atom. The first-order valence-corrected chi connectivity index (χ1v) is 9.21. The van der Waals surface area contributed by atoms with Gasteiger partial charge in [0.25, 0.3) is 0 Å². The fraction of sp³-hybridized carbons (Fsp3) is 0.312. The molecule has 7 heteroatoms. The maximum absolute atomic E-state index is 12.3. The van der Waals surface area contributed by atoms with Gasteiger partial charge in [0.05, 0.1) is 11.0 Å². The van der Waals surface area contributed by atoms with E-state index < -0.39 is 0 Å². The summed E-state index contributed by atoms with van der Waals surface area (Å²) in [6.45, 7) is 1.94. The Hall–Kier alpha value is -1.86. The predicted octanol–water partition coefficient (Wildman–Crippen LogP) is 3.08. The van der Waals surface area contributed by atoms with Gasteiger partial charge in [-0.2, -0.15) is 0 Å². The molecule has 1 aromatic heterocycles. The molecule has 2 heterocycles. The van der Waals surface area contributed by atoms with Crippen molar-refractivity contribution >= 4 is 45.7 Å². The lowest BCUT2D eigenvalue weighted by Crippen LogP contribution is -2.26. The van der Waals surface area contributed by atoms with E-state index in [0.29, 0.717) is 5.13 Å². The number of anilines is 2. The maximum atomic E-state index is 12.3. The number of benzene rings is 1. The minimum atomic E-state index is -0.216. The first kappa shape index (κ1) is 16.0. The molecule has 0 bridgehead atoms. The SMILES string of the molecule is Cc1cnc(NC(=O)CS[C@H]2CCc3ccccc3NC2=O)s1. The highest BCUT2D eigenvalue weighted by Crippen LogP contribution is 2.27. The van der Waals surface area contributed by atoms with Crippen molar-refractivity contribution in [1.29, 1.82) is 0 Å². The third-order valence-electron chi connectivity index (χ3n) is 3.53. The summed E-state index contributed by atoms with van der Waals surface area (Å²) in [7, 11) is 0. The van der Waals surface area contributed by atoms with Crippen LogP contribution in [0.4, 0.5) is 10.8 Å². The van der Waals surface area contributed by atoms with Crippen molar-refractivity contribution < 1.29 is 9.59 Å². The van der Waals surface area contributed by atoms with E-state index in [1.54, 1.807) is 6.20 Å². The molecule has 120 valence electrons. The van der Waals surface area contributed by atoms with Crippen molar-refractivity contribution in [1.82, 2.24) is 4.98 Å². The summed E-state index contributed by atoms with van der Waals surface area (Å²) in [5.41, 5.74) is 2.02. The van der Waals surface area contributed by atoms with Crippen LogP contribution in [-0.4, -0.2) is 27.8 Å². The number of rotatable bonds is 4. The molecule has 2 N–H and O–H groups in total. The van der Waals surface area contributed by atoms with Gasteiger partial charge in [0.15, 0.2) is 5.13 Å². The molecule has 2 amide bonds. The highest BCUT2D eigenvalue weighted by molar-refractivity contribution is 8.01. The quantitative estimate of drug-likeness (QED) is 0.892. The van der Waals surface area contributed by atoms with Crippen LogP contribution in [0.3, 0.4) is 0 Å². The zero-order valence-electron chi connectivity index (χ0n) is 12.7. The standard InChI is InChI=1S/C16H17N3O2S2/c1-10-8-17-16(23-10)19-14(20)9-22-13-7-6-11-4-2-3-5-12(11)18-15(13)21/h2-5,8,13H,6-7,9H2,1H3,(H,18,21)(H,17,19,20)/t13-/m0/s1. The monoisotopic (exact) mass is 347 g/mol. The van der Waals surface area contributed by atoms with E-state index in [9.17, 15) is 9.59 Å². The number of para-hydroxylation sites is 1. The topological polar surface area (TPSA) is 71.1 Å². The van der Waals surface area contributed by atoms with Crippen LogP contribution in [0.2, 0.25) is 0 Å². The summed E-state index contributed by atoms with van der Waals surface area (Å²) in [6, 6.07) is 7.83. The van der Waals surface area contributed by atoms with Gasteiger partial charge in [0.2, 0.25) is 11.8 Å². The van der Waals surface area contributed by atoms with Gasteiger partial charge in [0.1, 0.15) is 0 Å². The summed E-state index contributed by atoms with van der Waals surface area (Å²) in [6.07, 6.45) is 3.29. The number of amides is 2. The number of nitrogens with one attached hydrogen (secondary N) is 2. The zero-order valence-corrected chi connectivity index (χ0v) is 14.3. The van der Waals surface area contributed by atoms with Gasteiger partial charge in [-0.3, -0.25) is 9.59 Å². The molecule has 0 aliphatic carbocycles. The van der Waals surface area contributed by atoms with Crippen LogP contribution in [-0.2, 0) is 16.0 Å². The number of thioether (sulfide) groups is 1. The molecule has 3 rings (SSSR count). The van der Waals surface area contributed by atoms with Crippen LogP contribution in [0.5, 0.6) is 0 Å². The first-order chi connectivity index (χ1) is 11.1. The van der Waals surface area contributed by atoms with Gasteiger partial charge in [-0.15, -0.1) is 23.1 Å². The summed E-state index contributed by atoms with van der Waals surface area (Å²) in [4.78, 5) is 29.4. The molecule has 23 heavy (non-hydrogen) atoms. The highest BCUT2D eigenvalue weighted by Gasteiger charge is 2.24. The van der Waals surface area contributed by atoms with Crippen LogP contribution < -0.4 is 10.6 Å². The molecule has 0 unspecified atom stereocenters. The van der Waals surface area contributed by atoms with Crippen LogP contribution >= 0.6 is 23.1 Å². The molecule has 1 aliphatic rings. The molecule has 0 saturated carbocycles. The molecule has 5 nitrogen and oxygen atoms in total. The molecular weight excluding hydrogens is 330 g/mol. The Morgan fingerprint density at radius 2 is 2.30 bits per heavy atom. The highest BCUT2D eigenvalue weighted by atomic mass is 32.2. The molecule has 1 aromatic carbocycles. The van der Waals surface area contributed by atoms with Gasteiger partial charge in [-0.05, 0) is 31.4 Å². The number of fused-ring (bicyclic) bond motifs is 1. The Bertz CT molecular complexity index is 730. The Kier molecular flexibility index (Phi) is 4.97. The first-order valence-electron chi connectivity index (χ1n) is 7.34. The second kappa shape index (κ2) is 7.14. The number of aryl methyl sites for hydroxylation is 2. The van der Waals surface area contributed by atoms with Gasteiger partial charge in [0, 0.05) is 16.8 Å². The van der Waals surface area contributed by atoms with E-state index in [0.717, 1.165) is 29.0 Å². The van der Waals surface area contributed by atoms with Gasteiger partial charge >= 0.3 is 0 Å². The number of aromatic nitrogens is 1. The summed E-state index contributed by atoms with van der Waals surface area (Å²) in [5.74, 6) is 0.0873. The van der Waals surface area contributed by atoms with Crippen LogP contribution in [0.25, 0.3) is 0 Å². The fourth-order valence-electron chi connectivity index (χ4n) is 2.39. The lowest BCUT2D eigenvalue weighted by molar-refractivity contribution is -0.115. The van der Waals surface area contributed by atoms with Gasteiger partial charge < -0.3 is 10.6 Å². The largest absolute Gasteiger partial charge is 0.325 e. The number of thiazole rings is 1.